The number of carboxylic acid groups (broad SMARTS) is 2. The number of hydrogen-bond acceptors (Lipinski definition) is 7. The van der Waals surface area contributed by atoms with Gasteiger partial charge in [-0.3, -0.25) is 9.59 Å². The van der Waals surface area contributed by atoms with Crippen molar-refractivity contribution in [3.05, 3.63) is 29.8 Å². The number of likely N-dealkylation sites (N-methyl/N-ethyl adjacent to an activating group) is 1. The lowest BCUT2D eigenvalue weighted by molar-refractivity contribution is -0.165. The zero-order valence-electron chi connectivity index (χ0n) is 21.5. The maximum absolute atomic E-state index is 13.0. The van der Waals surface area contributed by atoms with Crippen LogP contribution in [0.2, 0.25) is 0 Å². The molecule has 0 saturated carbocycles. The van der Waals surface area contributed by atoms with Crippen molar-refractivity contribution >= 4 is 23.8 Å². The molecule has 36 heavy (non-hydrogen) atoms. The number of hydrogen-bond donors (Lipinski definition) is 4. The lowest BCUT2D eigenvalue weighted by Crippen LogP contribution is -2.51. The van der Waals surface area contributed by atoms with Crippen LogP contribution in [0.25, 0.3) is 0 Å². The van der Waals surface area contributed by atoms with E-state index in [1.54, 1.807) is 26.0 Å². The minimum atomic E-state index is -2.68. The minimum absolute atomic E-state index is 0.132. The molecular weight excluding hydrogens is 468 g/mol. The molecule has 0 aromatic heterocycles. The zero-order valence-corrected chi connectivity index (χ0v) is 21.5. The van der Waals surface area contributed by atoms with Gasteiger partial charge in [0.2, 0.25) is 5.91 Å². The second kappa shape index (κ2) is 12.3. The van der Waals surface area contributed by atoms with Gasteiger partial charge in [0.15, 0.2) is 5.60 Å². The number of aliphatic hydroxyl groups is 1. The van der Waals surface area contributed by atoms with Crippen molar-refractivity contribution in [1.82, 2.24) is 10.2 Å². The van der Waals surface area contributed by atoms with Gasteiger partial charge in [0.25, 0.3) is 0 Å². The Bertz CT molecular complexity index is 965. The van der Waals surface area contributed by atoms with E-state index < -0.39 is 54.2 Å². The molecular formula is C26H38N2O8. The molecule has 1 aliphatic rings. The fourth-order valence-corrected chi connectivity index (χ4v) is 4.80. The standard InChI is InChI=1S/C26H38N2O8/c1-5-25(11-6-7-12-28(4)16-25)18-9-8-10-19(13-18)36-24(34)26(35,15-21(30)31)14-20(29)27-22(17(2)3)23(32)33/h8-10,13,17,22,35H,5-7,11-12,14-16H2,1-4H3,(H,27,29)(H,30,31)(H,32,33)/t22-,25?,26-/m0/s1. The van der Waals surface area contributed by atoms with Gasteiger partial charge in [-0.25, -0.2) is 9.59 Å². The summed E-state index contributed by atoms with van der Waals surface area (Å²) in [4.78, 5) is 50.5. The van der Waals surface area contributed by atoms with Crippen LogP contribution in [0.15, 0.2) is 24.3 Å². The zero-order chi connectivity index (χ0) is 27.1. The van der Waals surface area contributed by atoms with E-state index in [9.17, 15) is 34.5 Å². The number of carbonyl (C=O) groups is 4. The molecule has 3 atom stereocenters. The van der Waals surface area contributed by atoms with E-state index in [0.29, 0.717) is 0 Å². The molecule has 0 aliphatic carbocycles. The van der Waals surface area contributed by atoms with Crippen LogP contribution >= 0.6 is 0 Å². The van der Waals surface area contributed by atoms with Gasteiger partial charge in [0.1, 0.15) is 11.8 Å². The third kappa shape index (κ3) is 7.51. The lowest BCUT2D eigenvalue weighted by atomic mass is 9.74. The highest BCUT2D eigenvalue weighted by molar-refractivity contribution is 5.93. The number of likely N-dealkylation sites (tertiary alicyclic amines) is 1. The highest BCUT2D eigenvalue weighted by Gasteiger charge is 2.43. The molecule has 1 saturated heterocycles. The summed E-state index contributed by atoms with van der Waals surface area (Å²) in [6.45, 7) is 7.12. The summed E-state index contributed by atoms with van der Waals surface area (Å²) in [6.07, 6.45) is 1.95. The van der Waals surface area contributed by atoms with Crippen LogP contribution in [0.1, 0.15) is 64.9 Å². The molecule has 1 amide bonds. The predicted octanol–water partition coefficient (Wildman–Crippen LogP) is 2.18. The van der Waals surface area contributed by atoms with Crippen LogP contribution in [0.3, 0.4) is 0 Å². The number of rotatable bonds is 11. The monoisotopic (exact) mass is 506 g/mol. The van der Waals surface area contributed by atoms with Gasteiger partial charge in [-0.2, -0.15) is 0 Å². The molecule has 0 bridgehead atoms. The Kier molecular flexibility index (Phi) is 10.0. The fraction of sp³-hybridized carbons (Fsp3) is 0.615. The molecule has 4 N–H and O–H groups in total. The van der Waals surface area contributed by atoms with E-state index in [1.165, 1.54) is 6.07 Å². The largest absolute Gasteiger partial charge is 0.481 e. The maximum Gasteiger partial charge on any atom is 0.344 e. The van der Waals surface area contributed by atoms with Crippen LogP contribution < -0.4 is 10.1 Å². The Morgan fingerprint density at radius 3 is 2.44 bits per heavy atom. The number of aliphatic carboxylic acids is 2. The fourth-order valence-electron chi connectivity index (χ4n) is 4.80. The lowest BCUT2D eigenvalue weighted by Gasteiger charge is -2.35. The molecule has 1 unspecified atom stereocenters. The summed E-state index contributed by atoms with van der Waals surface area (Å²) < 4.78 is 5.40. The SMILES string of the molecule is CCC1(c2cccc(OC(=O)[C@@](O)(CC(=O)O)CC(=O)N[C@H](C(=O)O)C(C)C)c2)CCCCN(C)C1. The summed E-state index contributed by atoms with van der Waals surface area (Å²) in [6, 6.07) is 5.70. The van der Waals surface area contributed by atoms with E-state index >= 15 is 0 Å². The number of esters is 1. The third-order valence-corrected chi connectivity index (χ3v) is 6.88. The smallest absolute Gasteiger partial charge is 0.344 e. The van der Waals surface area contributed by atoms with Crippen LogP contribution in [-0.4, -0.2) is 75.8 Å². The van der Waals surface area contributed by atoms with Gasteiger partial charge in [-0.05, 0) is 56.5 Å². The molecule has 0 radical (unpaired) electrons. The van der Waals surface area contributed by atoms with E-state index in [0.717, 1.165) is 44.3 Å². The molecule has 1 aromatic rings. The number of nitrogens with zero attached hydrogens (tertiary/aromatic N) is 1. The van der Waals surface area contributed by atoms with E-state index in [1.807, 2.05) is 6.07 Å². The topological polar surface area (TPSA) is 153 Å². The van der Waals surface area contributed by atoms with Crippen molar-refractivity contribution in [2.75, 3.05) is 20.1 Å². The van der Waals surface area contributed by atoms with Crippen LogP contribution in [-0.2, 0) is 24.6 Å². The van der Waals surface area contributed by atoms with E-state index in [4.69, 9.17) is 4.74 Å². The minimum Gasteiger partial charge on any atom is -0.481 e. The first-order valence-corrected chi connectivity index (χ1v) is 12.3. The Balaban J connectivity index is 2.27. The predicted molar refractivity (Wildman–Crippen MR) is 132 cm³/mol. The number of carboxylic acids is 2. The number of benzene rings is 1. The molecule has 0 spiro atoms. The normalized spacial score (nSPS) is 21.2. The third-order valence-electron chi connectivity index (χ3n) is 6.88. The first-order chi connectivity index (χ1) is 16.8. The van der Waals surface area contributed by atoms with Crippen LogP contribution in [0, 0.1) is 5.92 Å². The summed E-state index contributed by atoms with van der Waals surface area (Å²) in [5.74, 6) is -5.40. The number of amides is 1. The molecule has 200 valence electrons. The second-order valence-electron chi connectivity index (χ2n) is 10.2. The number of nitrogens with one attached hydrogen (secondary N) is 1. The average Bonchev–Trinajstić information content (AvgIpc) is 2.98. The molecule has 1 fully saturated rings. The molecule has 1 aliphatic heterocycles. The summed E-state index contributed by atoms with van der Waals surface area (Å²) in [5.41, 5.74) is -1.85. The highest BCUT2D eigenvalue weighted by atomic mass is 16.6. The quantitative estimate of drug-likeness (QED) is 0.261. The van der Waals surface area contributed by atoms with Crippen molar-refractivity contribution in [3.63, 3.8) is 0 Å². The molecule has 1 aromatic carbocycles. The molecule has 1 heterocycles. The Morgan fingerprint density at radius 1 is 1.17 bits per heavy atom. The first-order valence-electron chi connectivity index (χ1n) is 12.3. The maximum atomic E-state index is 13.0. The summed E-state index contributed by atoms with van der Waals surface area (Å²) in [5, 5.41) is 31.7. The van der Waals surface area contributed by atoms with Crippen LogP contribution in [0.5, 0.6) is 5.75 Å². The molecule has 10 heteroatoms. The van der Waals surface area contributed by atoms with Crippen molar-refractivity contribution in [2.24, 2.45) is 5.92 Å². The van der Waals surface area contributed by atoms with E-state index in [2.05, 4.69) is 24.2 Å². The summed E-state index contributed by atoms with van der Waals surface area (Å²) in [7, 11) is 2.07. The van der Waals surface area contributed by atoms with Gasteiger partial charge < -0.3 is 30.3 Å². The van der Waals surface area contributed by atoms with Crippen molar-refractivity contribution in [3.8, 4) is 5.75 Å². The number of carbonyl (C=O) groups excluding carboxylic acids is 2. The Morgan fingerprint density at radius 2 is 1.86 bits per heavy atom. The molecule has 2 rings (SSSR count). The van der Waals surface area contributed by atoms with Crippen molar-refractivity contribution in [2.45, 2.75) is 76.4 Å². The van der Waals surface area contributed by atoms with Crippen LogP contribution in [0.4, 0.5) is 0 Å². The van der Waals surface area contributed by atoms with Gasteiger partial charge >= 0.3 is 17.9 Å². The van der Waals surface area contributed by atoms with Crippen molar-refractivity contribution in [1.29, 1.82) is 0 Å². The first kappa shape index (κ1) is 29.3. The number of ether oxygens (including phenoxy) is 1. The Hall–Kier alpha value is -2.98. The highest BCUT2D eigenvalue weighted by Crippen LogP contribution is 2.38. The van der Waals surface area contributed by atoms with E-state index in [-0.39, 0.29) is 11.2 Å². The van der Waals surface area contributed by atoms with Gasteiger partial charge in [-0.15, -0.1) is 0 Å². The Labute approximate surface area is 211 Å². The molecule has 10 nitrogen and oxygen atoms in total. The van der Waals surface area contributed by atoms with Gasteiger partial charge in [-0.1, -0.05) is 39.3 Å². The van der Waals surface area contributed by atoms with Crippen molar-refractivity contribution < 1.29 is 39.2 Å². The average molecular weight is 507 g/mol. The van der Waals surface area contributed by atoms with Gasteiger partial charge in [0, 0.05) is 12.0 Å². The van der Waals surface area contributed by atoms with Gasteiger partial charge in [0.05, 0.1) is 12.8 Å². The summed E-state index contributed by atoms with van der Waals surface area (Å²) >= 11 is 0. The second-order valence-corrected chi connectivity index (χ2v) is 10.2.